The molecule has 1 aliphatic heterocycles. The van der Waals surface area contributed by atoms with Crippen molar-refractivity contribution in [2.24, 2.45) is 0 Å². The largest absolute Gasteiger partial charge is 0.334 e. The number of thiophene rings is 1. The predicted molar refractivity (Wildman–Crippen MR) is 84.0 cm³/mol. The molecule has 2 heterocycles. The molecule has 0 radical (unpaired) electrons. The smallest absolute Gasteiger partial charge is 0.264 e. The van der Waals surface area contributed by atoms with Crippen LogP contribution in [0, 0.1) is 12.7 Å². The van der Waals surface area contributed by atoms with Gasteiger partial charge in [0.1, 0.15) is 5.82 Å². The standard InChI is InChI=1S/C17H16FNOS/c1-12-8-11-21-16(12)17(20)19-9-6-14(7-10-19)13-2-4-15(18)5-3-13/h2-6,8,11H,7,9-10H2,1H3. The lowest BCUT2D eigenvalue weighted by molar-refractivity contribution is 0.0777. The number of halogens is 1. The molecule has 2 aromatic rings. The first-order chi connectivity index (χ1) is 10.1. The fourth-order valence-electron chi connectivity index (χ4n) is 2.52. The molecule has 0 atom stereocenters. The van der Waals surface area contributed by atoms with E-state index in [1.54, 1.807) is 12.1 Å². The molecule has 1 aromatic carbocycles. The molecule has 21 heavy (non-hydrogen) atoms. The van der Waals surface area contributed by atoms with E-state index in [-0.39, 0.29) is 11.7 Å². The van der Waals surface area contributed by atoms with Gasteiger partial charge in [-0.2, -0.15) is 0 Å². The molecule has 0 saturated heterocycles. The Morgan fingerprint density at radius 1 is 1.24 bits per heavy atom. The van der Waals surface area contributed by atoms with E-state index in [9.17, 15) is 9.18 Å². The van der Waals surface area contributed by atoms with Gasteiger partial charge < -0.3 is 4.90 Å². The van der Waals surface area contributed by atoms with Gasteiger partial charge in [-0.1, -0.05) is 18.2 Å². The number of rotatable bonds is 2. The van der Waals surface area contributed by atoms with Crippen LogP contribution in [-0.4, -0.2) is 23.9 Å². The quantitative estimate of drug-likeness (QED) is 0.817. The summed E-state index contributed by atoms with van der Waals surface area (Å²) in [6, 6.07) is 8.51. The van der Waals surface area contributed by atoms with Gasteiger partial charge in [-0.05, 0) is 53.6 Å². The number of benzene rings is 1. The van der Waals surface area contributed by atoms with E-state index in [1.807, 2.05) is 23.3 Å². The Bertz CT molecular complexity index is 687. The van der Waals surface area contributed by atoms with Gasteiger partial charge in [-0.3, -0.25) is 4.79 Å². The summed E-state index contributed by atoms with van der Waals surface area (Å²) in [5.74, 6) is -0.114. The van der Waals surface area contributed by atoms with Crippen LogP contribution in [0.3, 0.4) is 0 Å². The number of aryl methyl sites for hydroxylation is 1. The summed E-state index contributed by atoms with van der Waals surface area (Å²) >= 11 is 1.50. The topological polar surface area (TPSA) is 20.3 Å². The zero-order valence-electron chi connectivity index (χ0n) is 11.8. The van der Waals surface area contributed by atoms with E-state index >= 15 is 0 Å². The number of hydrogen-bond donors (Lipinski definition) is 0. The monoisotopic (exact) mass is 301 g/mol. The summed E-state index contributed by atoms with van der Waals surface area (Å²) in [6.07, 6.45) is 2.87. The van der Waals surface area contributed by atoms with E-state index in [0.717, 1.165) is 22.4 Å². The highest BCUT2D eigenvalue weighted by molar-refractivity contribution is 7.12. The van der Waals surface area contributed by atoms with Crippen molar-refractivity contribution in [3.63, 3.8) is 0 Å². The zero-order chi connectivity index (χ0) is 14.8. The van der Waals surface area contributed by atoms with E-state index in [4.69, 9.17) is 0 Å². The Labute approximate surface area is 127 Å². The van der Waals surface area contributed by atoms with Gasteiger partial charge >= 0.3 is 0 Å². The summed E-state index contributed by atoms with van der Waals surface area (Å²) in [6.45, 7) is 3.29. The lowest BCUT2D eigenvalue weighted by atomic mass is 9.99. The minimum absolute atomic E-state index is 0.108. The Morgan fingerprint density at radius 3 is 2.57 bits per heavy atom. The van der Waals surface area contributed by atoms with Gasteiger partial charge in [-0.25, -0.2) is 4.39 Å². The van der Waals surface area contributed by atoms with Crippen molar-refractivity contribution in [2.45, 2.75) is 13.3 Å². The van der Waals surface area contributed by atoms with Crippen molar-refractivity contribution in [3.05, 3.63) is 63.6 Å². The molecule has 0 aliphatic carbocycles. The van der Waals surface area contributed by atoms with E-state index in [2.05, 4.69) is 6.08 Å². The number of nitrogens with zero attached hydrogens (tertiary/aromatic N) is 1. The molecule has 0 N–H and O–H groups in total. The first kappa shape index (κ1) is 14.0. The molecule has 0 saturated carbocycles. The molecule has 108 valence electrons. The second kappa shape index (κ2) is 5.82. The molecule has 1 amide bonds. The van der Waals surface area contributed by atoms with Crippen molar-refractivity contribution < 1.29 is 9.18 Å². The molecule has 0 unspecified atom stereocenters. The normalized spacial score (nSPS) is 15.0. The van der Waals surface area contributed by atoms with Crippen molar-refractivity contribution >= 4 is 22.8 Å². The maximum absolute atomic E-state index is 12.9. The van der Waals surface area contributed by atoms with Gasteiger partial charge in [0.2, 0.25) is 0 Å². The molecule has 0 bridgehead atoms. The van der Waals surface area contributed by atoms with Gasteiger partial charge in [0.15, 0.2) is 0 Å². The second-order valence-corrected chi connectivity index (χ2v) is 6.09. The minimum Gasteiger partial charge on any atom is -0.334 e. The highest BCUT2D eigenvalue weighted by Gasteiger charge is 2.21. The van der Waals surface area contributed by atoms with Crippen molar-refractivity contribution in [1.29, 1.82) is 0 Å². The van der Waals surface area contributed by atoms with Crippen LogP contribution in [0.1, 0.15) is 27.2 Å². The summed E-state index contributed by atoms with van der Waals surface area (Å²) < 4.78 is 12.9. The van der Waals surface area contributed by atoms with Crippen LogP contribution in [0.4, 0.5) is 4.39 Å². The number of carbonyl (C=O) groups is 1. The van der Waals surface area contributed by atoms with Crippen LogP contribution in [0.15, 0.2) is 41.8 Å². The molecule has 1 aromatic heterocycles. The third-order valence-electron chi connectivity index (χ3n) is 3.77. The first-order valence-electron chi connectivity index (χ1n) is 6.93. The third-order valence-corrected chi connectivity index (χ3v) is 4.77. The van der Waals surface area contributed by atoms with Crippen LogP contribution >= 0.6 is 11.3 Å². The maximum Gasteiger partial charge on any atom is 0.264 e. The maximum atomic E-state index is 12.9. The summed E-state index contributed by atoms with van der Waals surface area (Å²) in [4.78, 5) is 15.1. The van der Waals surface area contributed by atoms with Crippen molar-refractivity contribution in [2.75, 3.05) is 13.1 Å². The van der Waals surface area contributed by atoms with Crippen LogP contribution < -0.4 is 0 Å². The summed E-state index contributed by atoms with van der Waals surface area (Å²) in [5, 5.41) is 1.95. The Balaban J connectivity index is 1.73. The van der Waals surface area contributed by atoms with E-state index in [0.29, 0.717) is 13.1 Å². The van der Waals surface area contributed by atoms with E-state index < -0.39 is 0 Å². The SMILES string of the molecule is Cc1ccsc1C(=O)N1CC=C(c2ccc(F)cc2)CC1. The minimum atomic E-state index is -0.222. The summed E-state index contributed by atoms with van der Waals surface area (Å²) in [7, 11) is 0. The highest BCUT2D eigenvalue weighted by atomic mass is 32.1. The molecular formula is C17H16FNOS. The first-order valence-corrected chi connectivity index (χ1v) is 7.81. The predicted octanol–water partition coefficient (Wildman–Crippen LogP) is 4.13. The molecule has 0 spiro atoms. The Kier molecular flexibility index (Phi) is 3.88. The summed E-state index contributed by atoms with van der Waals surface area (Å²) in [5.41, 5.74) is 3.26. The lowest BCUT2D eigenvalue weighted by Gasteiger charge is -2.26. The van der Waals surface area contributed by atoms with Crippen molar-refractivity contribution in [3.8, 4) is 0 Å². The zero-order valence-corrected chi connectivity index (χ0v) is 12.6. The van der Waals surface area contributed by atoms with Gasteiger partial charge in [-0.15, -0.1) is 11.3 Å². The van der Waals surface area contributed by atoms with Crippen LogP contribution in [0.25, 0.3) is 5.57 Å². The molecular weight excluding hydrogens is 285 g/mol. The fraction of sp³-hybridized carbons (Fsp3) is 0.235. The van der Waals surface area contributed by atoms with Crippen LogP contribution in [0.2, 0.25) is 0 Å². The number of amides is 1. The lowest BCUT2D eigenvalue weighted by Crippen LogP contribution is -2.34. The molecule has 3 rings (SSSR count). The van der Waals surface area contributed by atoms with Gasteiger partial charge in [0, 0.05) is 13.1 Å². The Morgan fingerprint density at radius 2 is 2.00 bits per heavy atom. The third kappa shape index (κ3) is 2.90. The van der Waals surface area contributed by atoms with Crippen LogP contribution in [-0.2, 0) is 0 Å². The average Bonchev–Trinajstić information content (AvgIpc) is 2.94. The second-order valence-electron chi connectivity index (χ2n) is 5.17. The van der Waals surface area contributed by atoms with Gasteiger partial charge in [0.25, 0.3) is 5.91 Å². The van der Waals surface area contributed by atoms with Gasteiger partial charge in [0.05, 0.1) is 4.88 Å². The molecule has 0 fully saturated rings. The number of carbonyl (C=O) groups excluding carboxylic acids is 1. The molecule has 4 heteroatoms. The molecule has 1 aliphatic rings. The van der Waals surface area contributed by atoms with Crippen LogP contribution in [0.5, 0.6) is 0 Å². The average molecular weight is 301 g/mol. The Hall–Kier alpha value is -1.94. The number of hydrogen-bond acceptors (Lipinski definition) is 2. The molecule has 2 nitrogen and oxygen atoms in total. The van der Waals surface area contributed by atoms with E-state index in [1.165, 1.54) is 29.0 Å². The highest BCUT2D eigenvalue weighted by Crippen LogP contribution is 2.25. The fourth-order valence-corrected chi connectivity index (χ4v) is 3.41. The van der Waals surface area contributed by atoms with Crippen molar-refractivity contribution in [1.82, 2.24) is 4.90 Å².